The number of amides is 4. The number of hydrogen-bond donors (Lipinski definition) is 2. The second kappa shape index (κ2) is 8.79. The van der Waals surface area contributed by atoms with Crippen molar-refractivity contribution in [2.45, 2.75) is 18.9 Å². The number of β-amino-alcohol motifs (C(OH)–C–C–N with tert-alkyl or cyclic N) is 1. The first-order chi connectivity index (χ1) is 15.9. The summed E-state index contributed by atoms with van der Waals surface area (Å²) in [6.45, 7) is -0.643. The van der Waals surface area contributed by atoms with Crippen LogP contribution in [0.1, 0.15) is 43.9 Å². The lowest BCUT2D eigenvalue weighted by molar-refractivity contribution is -0.152. The quantitative estimate of drug-likeness (QED) is 0.362. The highest BCUT2D eigenvalue weighted by Gasteiger charge is 2.48. The van der Waals surface area contributed by atoms with E-state index in [0.29, 0.717) is 0 Å². The molecule has 3 heterocycles. The molecule has 2 aliphatic heterocycles. The van der Waals surface area contributed by atoms with Gasteiger partial charge in [-0.05, 0) is 30.7 Å². The zero-order valence-electron chi connectivity index (χ0n) is 17.6. The number of anilines is 1. The highest BCUT2D eigenvalue weighted by atomic mass is 16.5. The molecule has 11 heteroatoms. The van der Waals surface area contributed by atoms with Gasteiger partial charge in [-0.25, -0.2) is 4.79 Å². The molecule has 2 aromatic rings. The van der Waals surface area contributed by atoms with E-state index in [0.717, 1.165) is 9.80 Å². The molecule has 0 spiro atoms. The van der Waals surface area contributed by atoms with Gasteiger partial charge in [0.2, 0.25) is 5.91 Å². The third kappa shape index (κ3) is 3.72. The van der Waals surface area contributed by atoms with Crippen LogP contribution >= 0.6 is 0 Å². The van der Waals surface area contributed by atoms with Crippen LogP contribution < -0.4 is 10.1 Å². The molecule has 170 valence electrons. The van der Waals surface area contributed by atoms with Crippen LogP contribution in [0.25, 0.3) is 0 Å². The van der Waals surface area contributed by atoms with Gasteiger partial charge in [0, 0.05) is 25.9 Å². The largest absolute Gasteiger partial charge is 0.421 e. The molecule has 11 nitrogen and oxygen atoms in total. The maximum absolute atomic E-state index is 13.3. The Labute approximate surface area is 187 Å². The number of aromatic nitrogens is 1. The monoisotopic (exact) mass is 452 g/mol. The summed E-state index contributed by atoms with van der Waals surface area (Å²) in [7, 11) is 1.50. The van der Waals surface area contributed by atoms with Crippen LogP contribution in [0.3, 0.4) is 0 Å². The van der Waals surface area contributed by atoms with Gasteiger partial charge in [0.25, 0.3) is 17.7 Å². The minimum atomic E-state index is -1.17. The minimum absolute atomic E-state index is 0.0111. The number of rotatable bonds is 6. The molecule has 1 fully saturated rings. The number of carbonyl (C=O) groups is 5. The van der Waals surface area contributed by atoms with Crippen molar-refractivity contribution in [3.8, 4) is 5.75 Å². The molecule has 1 aromatic carbocycles. The predicted molar refractivity (Wildman–Crippen MR) is 113 cm³/mol. The first-order valence-electron chi connectivity index (χ1n) is 10.2. The fourth-order valence-corrected chi connectivity index (χ4v) is 3.98. The summed E-state index contributed by atoms with van der Waals surface area (Å²) in [5, 5.41) is 12.0. The number of piperidine rings is 1. The van der Waals surface area contributed by atoms with Crippen molar-refractivity contribution in [1.29, 1.82) is 0 Å². The topological polar surface area (TPSA) is 146 Å². The first kappa shape index (κ1) is 22.1. The van der Waals surface area contributed by atoms with E-state index in [2.05, 4.69) is 10.3 Å². The van der Waals surface area contributed by atoms with Crippen LogP contribution in [-0.2, 0) is 9.59 Å². The average molecular weight is 452 g/mol. The van der Waals surface area contributed by atoms with Crippen molar-refractivity contribution >= 4 is 35.3 Å². The fourth-order valence-electron chi connectivity index (χ4n) is 3.98. The summed E-state index contributed by atoms with van der Waals surface area (Å²) >= 11 is 0. The van der Waals surface area contributed by atoms with Crippen LogP contribution in [0.15, 0.2) is 36.7 Å². The average Bonchev–Trinajstić information content (AvgIpc) is 3.07. The van der Waals surface area contributed by atoms with Crippen LogP contribution in [0.4, 0.5) is 5.69 Å². The second-order valence-corrected chi connectivity index (χ2v) is 7.38. The number of pyridine rings is 1. The Hall–Kier alpha value is -4.12. The normalized spacial score (nSPS) is 17.9. The van der Waals surface area contributed by atoms with E-state index >= 15 is 0 Å². The predicted octanol–water partition coefficient (Wildman–Crippen LogP) is 0.448. The van der Waals surface area contributed by atoms with Gasteiger partial charge in [-0.3, -0.25) is 34.0 Å². The Morgan fingerprint density at radius 3 is 2.67 bits per heavy atom. The van der Waals surface area contributed by atoms with Crippen LogP contribution in [0.5, 0.6) is 5.75 Å². The molecule has 1 aromatic heterocycles. The summed E-state index contributed by atoms with van der Waals surface area (Å²) < 4.78 is 5.43. The molecule has 1 unspecified atom stereocenters. The van der Waals surface area contributed by atoms with Crippen molar-refractivity contribution in [3.63, 3.8) is 0 Å². The van der Waals surface area contributed by atoms with E-state index in [1.807, 2.05) is 0 Å². The lowest BCUT2D eigenvalue weighted by Gasteiger charge is -2.34. The first-order valence-corrected chi connectivity index (χ1v) is 10.2. The molecule has 2 N–H and O–H groups in total. The molecule has 0 bridgehead atoms. The van der Waals surface area contributed by atoms with Gasteiger partial charge < -0.3 is 15.2 Å². The number of fused-ring (bicyclic) bond motifs is 1. The number of hydrogen-bond acceptors (Lipinski definition) is 9. The number of benzene rings is 1. The van der Waals surface area contributed by atoms with E-state index < -0.39 is 42.2 Å². The van der Waals surface area contributed by atoms with Gasteiger partial charge in [-0.1, -0.05) is 0 Å². The van der Waals surface area contributed by atoms with Crippen molar-refractivity contribution in [2.24, 2.45) is 0 Å². The molecule has 0 aliphatic carbocycles. The lowest BCUT2D eigenvalue weighted by Crippen LogP contribution is -2.56. The molecule has 33 heavy (non-hydrogen) atoms. The van der Waals surface area contributed by atoms with Crippen molar-refractivity contribution in [1.82, 2.24) is 14.8 Å². The SMILES string of the molecule is CNc1c(OC(=O)c2cccnc2)ccc2c1C(=O)N(C1CCC(=O)N(CCO)C1=O)C2=O. The maximum atomic E-state index is 13.3. The number of nitrogens with zero attached hydrogens (tertiary/aromatic N) is 3. The standard InChI is InChI=1S/C22H20N4O7/c1-23-18-15(33-22(32)12-3-2-8-24-11-12)6-4-13-17(18)21(31)26(19(13)29)14-5-7-16(28)25(9-10-27)20(14)30/h2-4,6,8,11,14,23,27H,5,7,9-10H2,1H3. The van der Waals surface area contributed by atoms with E-state index in [-0.39, 0.29) is 47.5 Å². The van der Waals surface area contributed by atoms with Gasteiger partial charge in [0.1, 0.15) is 6.04 Å². The number of likely N-dealkylation sites (tertiary alicyclic amines) is 1. The maximum Gasteiger partial charge on any atom is 0.345 e. The number of imide groups is 2. The van der Waals surface area contributed by atoms with Crippen molar-refractivity contribution < 1.29 is 33.8 Å². The van der Waals surface area contributed by atoms with E-state index in [1.54, 1.807) is 6.07 Å². The Balaban J connectivity index is 1.66. The lowest BCUT2D eigenvalue weighted by atomic mass is 10.0. The summed E-state index contributed by atoms with van der Waals surface area (Å²) in [6, 6.07) is 4.66. The van der Waals surface area contributed by atoms with Crippen molar-refractivity contribution in [2.75, 3.05) is 25.5 Å². The Morgan fingerprint density at radius 2 is 2.00 bits per heavy atom. The molecule has 4 amide bonds. The van der Waals surface area contributed by atoms with Gasteiger partial charge >= 0.3 is 5.97 Å². The summed E-state index contributed by atoms with van der Waals surface area (Å²) in [5.41, 5.74) is 0.337. The zero-order chi connectivity index (χ0) is 23.7. The molecule has 1 atom stereocenters. The molecular weight excluding hydrogens is 432 g/mol. The van der Waals surface area contributed by atoms with E-state index in [4.69, 9.17) is 9.84 Å². The number of nitrogens with one attached hydrogen (secondary N) is 1. The number of aliphatic hydroxyl groups is 1. The third-order valence-corrected chi connectivity index (χ3v) is 5.52. The molecular formula is C22H20N4O7. The fraction of sp³-hybridized carbons (Fsp3) is 0.273. The van der Waals surface area contributed by atoms with E-state index in [1.165, 1.54) is 37.6 Å². The Morgan fingerprint density at radius 1 is 1.21 bits per heavy atom. The van der Waals surface area contributed by atoms with Gasteiger partial charge in [0.15, 0.2) is 5.75 Å². The highest BCUT2D eigenvalue weighted by Crippen LogP contribution is 2.38. The van der Waals surface area contributed by atoms with Gasteiger partial charge in [-0.15, -0.1) is 0 Å². The molecule has 0 radical (unpaired) electrons. The summed E-state index contributed by atoms with van der Waals surface area (Å²) in [4.78, 5) is 69.3. The Bertz CT molecular complexity index is 1160. The third-order valence-electron chi connectivity index (χ3n) is 5.52. The number of aliphatic hydroxyl groups excluding tert-OH is 1. The highest BCUT2D eigenvalue weighted by molar-refractivity contribution is 6.26. The number of ether oxygens (including phenoxy) is 1. The summed E-state index contributed by atoms with van der Waals surface area (Å²) in [6.07, 6.45) is 2.78. The number of carbonyl (C=O) groups excluding carboxylic acids is 5. The molecule has 4 rings (SSSR count). The van der Waals surface area contributed by atoms with Crippen LogP contribution in [0, 0.1) is 0 Å². The van der Waals surface area contributed by atoms with Crippen molar-refractivity contribution in [3.05, 3.63) is 53.3 Å². The van der Waals surface area contributed by atoms with E-state index in [9.17, 15) is 24.0 Å². The smallest absolute Gasteiger partial charge is 0.345 e. The number of esters is 1. The minimum Gasteiger partial charge on any atom is -0.421 e. The molecule has 2 aliphatic rings. The van der Waals surface area contributed by atoms with Gasteiger partial charge in [-0.2, -0.15) is 0 Å². The van der Waals surface area contributed by atoms with Crippen LogP contribution in [-0.4, -0.2) is 75.7 Å². The molecule has 1 saturated heterocycles. The van der Waals surface area contributed by atoms with Gasteiger partial charge in [0.05, 0.1) is 35.5 Å². The Kier molecular flexibility index (Phi) is 5.88. The second-order valence-electron chi connectivity index (χ2n) is 7.38. The zero-order valence-corrected chi connectivity index (χ0v) is 17.6. The van der Waals surface area contributed by atoms with Crippen LogP contribution in [0.2, 0.25) is 0 Å². The molecule has 0 saturated carbocycles. The summed E-state index contributed by atoms with van der Waals surface area (Å²) in [5.74, 6) is -3.29.